The summed E-state index contributed by atoms with van der Waals surface area (Å²) >= 11 is 0. The fraction of sp³-hybridized carbons (Fsp3) is 0.364. The highest BCUT2D eigenvalue weighted by Gasteiger charge is 2.39. The summed E-state index contributed by atoms with van der Waals surface area (Å²) in [5.74, 6) is -1.96. The Hall–Kier alpha value is -3.51. The van der Waals surface area contributed by atoms with Gasteiger partial charge in [0, 0.05) is 17.2 Å². The minimum Gasteiger partial charge on any atom is -0.444 e. The van der Waals surface area contributed by atoms with E-state index in [1.165, 1.54) is 29.2 Å². The summed E-state index contributed by atoms with van der Waals surface area (Å²) in [4.78, 5) is 48.4. The third-order valence-corrected chi connectivity index (χ3v) is 5.73. The molecule has 4 rings (SSSR count). The Labute approximate surface area is 195 Å². The maximum Gasteiger partial charge on any atom is 0.481 e. The lowest BCUT2D eigenvalue weighted by molar-refractivity contribution is -0.129. The van der Waals surface area contributed by atoms with E-state index >= 15 is 0 Å². The van der Waals surface area contributed by atoms with Gasteiger partial charge in [-0.3, -0.25) is 24.6 Å². The van der Waals surface area contributed by atoms with Gasteiger partial charge in [-0.25, -0.2) is 9.18 Å². The van der Waals surface area contributed by atoms with Gasteiger partial charge in [-0.1, -0.05) is 13.0 Å². The number of allylic oxidation sites excluding steroid dienone is 1. The van der Waals surface area contributed by atoms with Crippen molar-refractivity contribution in [3.05, 3.63) is 52.9 Å². The van der Waals surface area contributed by atoms with Gasteiger partial charge >= 0.3 is 13.2 Å². The van der Waals surface area contributed by atoms with Crippen LogP contribution in [0.5, 0.6) is 0 Å². The average molecular weight is 471 g/mol. The monoisotopic (exact) mass is 471 g/mol. The van der Waals surface area contributed by atoms with Crippen molar-refractivity contribution in [3.63, 3.8) is 0 Å². The van der Waals surface area contributed by atoms with Gasteiger partial charge in [0.2, 0.25) is 11.8 Å². The molecule has 10 nitrogen and oxygen atoms in total. The second-order valence-electron chi connectivity index (χ2n) is 8.05. The predicted molar refractivity (Wildman–Crippen MR) is 118 cm³/mol. The van der Waals surface area contributed by atoms with Crippen LogP contribution in [0.2, 0.25) is 0 Å². The van der Waals surface area contributed by atoms with Crippen LogP contribution in [0.3, 0.4) is 0 Å². The molecule has 2 N–H and O–H groups in total. The predicted octanol–water partition coefficient (Wildman–Crippen LogP) is 1.67. The largest absolute Gasteiger partial charge is 0.481 e. The quantitative estimate of drug-likeness (QED) is 0.352. The summed E-state index contributed by atoms with van der Waals surface area (Å²) in [7, 11) is -0.761. The molecule has 0 saturated carbocycles. The summed E-state index contributed by atoms with van der Waals surface area (Å²) in [6.45, 7) is 3.84. The second-order valence-corrected chi connectivity index (χ2v) is 8.05. The van der Waals surface area contributed by atoms with Gasteiger partial charge in [0.05, 0.1) is 25.1 Å². The van der Waals surface area contributed by atoms with Crippen molar-refractivity contribution in [2.24, 2.45) is 0 Å². The molecular weight excluding hydrogens is 448 g/mol. The number of nitrogens with one attached hydrogen (secondary N) is 2. The molecule has 34 heavy (non-hydrogen) atoms. The maximum atomic E-state index is 14.6. The van der Waals surface area contributed by atoms with Crippen LogP contribution in [0.1, 0.15) is 38.5 Å². The number of imide groups is 1. The van der Waals surface area contributed by atoms with Crippen LogP contribution < -0.4 is 15.5 Å². The number of halogens is 1. The molecule has 0 radical (unpaired) electrons. The molecule has 178 valence electrons. The Morgan fingerprint density at radius 1 is 1.32 bits per heavy atom. The minimum absolute atomic E-state index is 0.0143. The number of nitrogens with zero attached hydrogens (tertiary/aromatic N) is 1. The molecule has 1 aromatic carbocycles. The molecule has 4 amide bonds. The summed E-state index contributed by atoms with van der Waals surface area (Å²) in [5.41, 5.74) is 1.40. The van der Waals surface area contributed by atoms with Crippen molar-refractivity contribution >= 4 is 36.6 Å². The highest BCUT2D eigenvalue weighted by atomic mass is 19.1. The standard InChI is InChI=1S/C22H23BFN3O7/c1-3-15-10-27(22(31)32-15)14-5-6-16(17(24)9-14)21-33-23(34-21)11-25-18(28)7-4-13-8-19(29)26-20(30)12(13)2/h4-7,9,15,21H,3,8,10-11H2,1-2H3,(H,25,28)(H,26,29,30)/b7-4+/t15-/m0/s1. The van der Waals surface area contributed by atoms with Crippen molar-refractivity contribution < 1.29 is 37.6 Å². The molecule has 12 heteroatoms. The van der Waals surface area contributed by atoms with Gasteiger partial charge in [-0.2, -0.15) is 0 Å². The van der Waals surface area contributed by atoms with Crippen molar-refractivity contribution in [3.8, 4) is 0 Å². The van der Waals surface area contributed by atoms with Gasteiger partial charge in [0.1, 0.15) is 11.9 Å². The molecule has 0 spiro atoms. The lowest BCUT2D eigenvalue weighted by atomic mass is 9.85. The first-order valence-electron chi connectivity index (χ1n) is 10.8. The normalized spacial score (nSPS) is 21.1. The van der Waals surface area contributed by atoms with Crippen LogP contribution in [0.25, 0.3) is 0 Å². The number of carbonyl (C=O) groups is 4. The summed E-state index contributed by atoms with van der Waals surface area (Å²) < 4.78 is 30.8. The van der Waals surface area contributed by atoms with Crippen LogP contribution >= 0.6 is 0 Å². The van der Waals surface area contributed by atoms with Crippen molar-refractivity contribution in [1.29, 1.82) is 0 Å². The van der Waals surface area contributed by atoms with Gasteiger partial charge in [0.25, 0.3) is 5.91 Å². The molecule has 0 aliphatic carbocycles. The number of carbonyl (C=O) groups excluding carboxylic acids is 4. The van der Waals surface area contributed by atoms with Crippen LogP contribution in [0, 0.1) is 5.82 Å². The van der Waals surface area contributed by atoms with Crippen LogP contribution in [-0.2, 0) is 28.4 Å². The third-order valence-electron chi connectivity index (χ3n) is 5.73. The lowest BCUT2D eigenvalue weighted by Crippen LogP contribution is -2.48. The number of hydrogen-bond donors (Lipinski definition) is 2. The fourth-order valence-electron chi connectivity index (χ4n) is 3.67. The minimum atomic E-state index is -0.931. The van der Waals surface area contributed by atoms with Crippen molar-refractivity contribution in [2.45, 2.75) is 39.1 Å². The molecule has 0 unspecified atom stereocenters. The van der Waals surface area contributed by atoms with E-state index in [0.29, 0.717) is 29.8 Å². The van der Waals surface area contributed by atoms with E-state index in [1.54, 1.807) is 13.0 Å². The van der Waals surface area contributed by atoms with Crippen LogP contribution in [0.4, 0.5) is 14.9 Å². The maximum absolute atomic E-state index is 14.6. The summed E-state index contributed by atoms with van der Waals surface area (Å²) in [5, 5.41) is 4.77. The zero-order valence-corrected chi connectivity index (χ0v) is 18.6. The van der Waals surface area contributed by atoms with Gasteiger partial charge in [-0.15, -0.1) is 0 Å². The lowest BCUT2D eigenvalue weighted by Gasteiger charge is -2.34. The Morgan fingerprint density at radius 3 is 2.76 bits per heavy atom. The number of amides is 4. The highest BCUT2D eigenvalue weighted by Crippen LogP contribution is 2.33. The summed E-state index contributed by atoms with van der Waals surface area (Å²) in [6.07, 6.45) is 1.69. The van der Waals surface area contributed by atoms with E-state index in [-0.39, 0.29) is 24.5 Å². The molecule has 1 atom stereocenters. The van der Waals surface area contributed by atoms with Crippen LogP contribution in [0.15, 0.2) is 41.5 Å². The summed E-state index contributed by atoms with van der Waals surface area (Å²) in [6, 6.07) is 4.31. The number of rotatable bonds is 7. The van der Waals surface area contributed by atoms with E-state index in [9.17, 15) is 23.6 Å². The Kier molecular flexibility index (Phi) is 6.80. The molecule has 3 heterocycles. The van der Waals surface area contributed by atoms with Gasteiger partial charge in [-0.05, 0) is 37.1 Å². The zero-order chi connectivity index (χ0) is 24.4. The molecule has 0 bridgehead atoms. The Morgan fingerprint density at radius 2 is 2.09 bits per heavy atom. The van der Waals surface area contributed by atoms with Crippen molar-refractivity contribution in [2.75, 3.05) is 17.9 Å². The Balaban J connectivity index is 1.26. The fourth-order valence-corrected chi connectivity index (χ4v) is 3.67. The van der Waals surface area contributed by atoms with E-state index in [1.807, 2.05) is 6.92 Å². The Bertz CT molecular complexity index is 1100. The first kappa shape index (κ1) is 23.6. The second kappa shape index (κ2) is 9.78. The average Bonchev–Trinajstić information content (AvgIpc) is 3.15. The van der Waals surface area contributed by atoms with Gasteiger partial charge < -0.3 is 19.4 Å². The smallest absolute Gasteiger partial charge is 0.444 e. The molecule has 3 aliphatic heterocycles. The molecular formula is C22H23BFN3O7. The number of cyclic esters (lactones) is 1. The van der Waals surface area contributed by atoms with E-state index < -0.39 is 43.0 Å². The van der Waals surface area contributed by atoms with Gasteiger partial charge in [0.15, 0.2) is 6.29 Å². The number of benzene rings is 1. The number of ether oxygens (including phenoxy) is 1. The SMILES string of the molecule is CC[C@H]1CN(c2ccc(C3OB(CNC(=O)/C=C/C4=C(C)C(=O)NC(=O)C4)O3)c(F)c2)C(=O)O1. The van der Waals surface area contributed by atoms with Crippen molar-refractivity contribution in [1.82, 2.24) is 10.6 Å². The zero-order valence-electron chi connectivity index (χ0n) is 18.6. The molecule has 1 aromatic rings. The third kappa shape index (κ3) is 5.02. The van der Waals surface area contributed by atoms with E-state index in [2.05, 4.69) is 10.6 Å². The highest BCUT2D eigenvalue weighted by molar-refractivity contribution is 6.47. The molecule has 3 aliphatic rings. The number of hydrogen-bond acceptors (Lipinski definition) is 7. The van der Waals surface area contributed by atoms with E-state index in [0.717, 1.165) is 0 Å². The first-order chi connectivity index (χ1) is 16.2. The topological polar surface area (TPSA) is 123 Å². The van der Waals surface area contributed by atoms with E-state index in [4.69, 9.17) is 14.0 Å². The number of anilines is 1. The molecule has 2 saturated heterocycles. The molecule has 2 fully saturated rings. The first-order valence-corrected chi connectivity index (χ1v) is 10.8. The molecule has 0 aromatic heterocycles. The van der Waals surface area contributed by atoms with Crippen LogP contribution in [-0.4, -0.2) is 50.0 Å².